The molecule has 0 aliphatic carbocycles. The van der Waals surface area contributed by atoms with Gasteiger partial charge in [0, 0.05) is 6.08 Å². The van der Waals surface area contributed by atoms with Gasteiger partial charge in [0.2, 0.25) is 0 Å². The highest BCUT2D eigenvalue weighted by Crippen LogP contribution is 2.36. The second kappa shape index (κ2) is 8.28. The van der Waals surface area contributed by atoms with Gasteiger partial charge in [-0.2, -0.15) is 0 Å². The number of carbonyl (C=O) groups excluding carboxylic acids is 1. The molecule has 1 aliphatic rings. The zero-order chi connectivity index (χ0) is 20.4. The lowest BCUT2D eigenvalue weighted by Crippen LogP contribution is -2.44. The number of hydrogen-bond donors (Lipinski definition) is 1. The largest absolute Gasteiger partial charge is 0.480 e. The smallest absolute Gasteiger partial charge is 0.326 e. The molecule has 1 N–H and O–H groups in total. The molecule has 0 radical (unpaired) electrons. The van der Waals surface area contributed by atoms with Gasteiger partial charge in [-0.1, -0.05) is 50.0 Å². The number of benzene rings is 1. The third-order valence-corrected chi connectivity index (χ3v) is 5.48. The van der Waals surface area contributed by atoms with Crippen LogP contribution in [0.2, 0.25) is 0 Å². The van der Waals surface area contributed by atoms with Crippen LogP contribution in [0, 0.1) is 11.7 Å². The van der Waals surface area contributed by atoms with Crippen LogP contribution in [-0.4, -0.2) is 32.2 Å². The Kier molecular flexibility index (Phi) is 6.00. The molecule has 3 rings (SSSR count). The first-order chi connectivity index (χ1) is 13.3. The Morgan fingerprint density at radius 3 is 2.68 bits per heavy atom. The first-order valence-electron chi connectivity index (χ1n) is 8.62. The summed E-state index contributed by atoms with van der Waals surface area (Å²) < 4.78 is 19.8. The summed E-state index contributed by atoms with van der Waals surface area (Å²) >= 11 is 6.27. The Morgan fingerprint density at radius 2 is 2.04 bits per heavy atom. The molecule has 2 heterocycles. The number of rotatable bonds is 6. The summed E-state index contributed by atoms with van der Waals surface area (Å²) in [4.78, 5) is 25.8. The molecule has 0 saturated carbocycles. The van der Waals surface area contributed by atoms with Crippen molar-refractivity contribution in [1.82, 2.24) is 4.90 Å². The molecule has 5 nitrogen and oxygen atoms in total. The molecule has 1 aromatic carbocycles. The van der Waals surface area contributed by atoms with Gasteiger partial charge >= 0.3 is 5.97 Å². The van der Waals surface area contributed by atoms with E-state index in [0.717, 1.165) is 16.7 Å². The number of hydrogen-bond acceptors (Lipinski definition) is 5. The van der Waals surface area contributed by atoms with Crippen molar-refractivity contribution in [2.45, 2.75) is 26.3 Å². The van der Waals surface area contributed by atoms with E-state index in [0.29, 0.717) is 23.5 Å². The summed E-state index contributed by atoms with van der Waals surface area (Å²) in [5.41, 5.74) is 0.317. The molecule has 0 spiro atoms. The molecule has 1 aliphatic heterocycles. The van der Waals surface area contributed by atoms with Crippen LogP contribution in [0.4, 0.5) is 4.39 Å². The Labute approximate surface area is 171 Å². The first-order valence-corrected chi connectivity index (χ1v) is 9.85. The number of furan rings is 1. The first kappa shape index (κ1) is 20.3. The van der Waals surface area contributed by atoms with E-state index in [4.69, 9.17) is 16.6 Å². The van der Waals surface area contributed by atoms with Crippen molar-refractivity contribution in [2.24, 2.45) is 5.92 Å². The zero-order valence-corrected chi connectivity index (χ0v) is 16.8. The number of halogens is 1. The van der Waals surface area contributed by atoms with Crippen molar-refractivity contribution in [3.8, 4) is 11.3 Å². The summed E-state index contributed by atoms with van der Waals surface area (Å²) in [5.74, 6) is -1.19. The van der Waals surface area contributed by atoms with Gasteiger partial charge in [0.05, 0.1) is 10.5 Å². The van der Waals surface area contributed by atoms with E-state index in [1.54, 1.807) is 30.3 Å². The highest BCUT2D eigenvalue weighted by Gasteiger charge is 2.40. The lowest BCUT2D eigenvalue weighted by molar-refractivity contribution is -0.145. The summed E-state index contributed by atoms with van der Waals surface area (Å²) in [7, 11) is 0. The van der Waals surface area contributed by atoms with E-state index < -0.39 is 23.7 Å². The van der Waals surface area contributed by atoms with Gasteiger partial charge in [0.1, 0.15) is 27.7 Å². The number of thiocarbonyl (C=S) groups is 1. The molecule has 1 amide bonds. The molecule has 1 unspecified atom stereocenters. The van der Waals surface area contributed by atoms with Crippen LogP contribution in [0.5, 0.6) is 0 Å². The minimum absolute atomic E-state index is 0.0862. The van der Waals surface area contributed by atoms with Gasteiger partial charge in [-0.15, -0.1) is 0 Å². The summed E-state index contributed by atoms with van der Waals surface area (Å²) in [5, 5.41) is 9.51. The summed E-state index contributed by atoms with van der Waals surface area (Å²) in [6.45, 7) is 3.77. The second-order valence-corrected chi connectivity index (χ2v) is 8.39. The predicted octanol–water partition coefficient (Wildman–Crippen LogP) is 4.79. The van der Waals surface area contributed by atoms with Gasteiger partial charge < -0.3 is 9.52 Å². The van der Waals surface area contributed by atoms with Crippen molar-refractivity contribution in [2.75, 3.05) is 0 Å². The van der Waals surface area contributed by atoms with Gasteiger partial charge in [0.15, 0.2) is 0 Å². The van der Waals surface area contributed by atoms with Crippen LogP contribution in [-0.2, 0) is 9.59 Å². The number of thioether (sulfide) groups is 1. The number of carboxylic acids is 1. The lowest BCUT2D eigenvalue weighted by atomic mass is 10.0. The van der Waals surface area contributed by atoms with Crippen molar-refractivity contribution >= 4 is 46.3 Å². The highest BCUT2D eigenvalue weighted by molar-refractivity contribution is 8.26. The highest BCUT2D eigenvalue weighted by atomic mass is 32.2. The fourth-order valence-electron chi connectivity index (χ4n) is 2.88. The molecule has 8 heteroatoms. The average molecular weight is 419 g/mol. The molecular formula is C20H18FNO4S2. The minimum Gasteiger partial charge on any atom is -0.480 e. The molecule has 1 fully saturated rings. The summed E-state index contributed by atoms with van der Waals surface area (Å²) in [6.07, 6.45) is 1.80. The normalized spacial score (nSPS) is 17.0. The predicted molar refractivity (Wildman–Crippen MR) is 110 cm³/mol. The van der Waals surface area contributed by atoms with Crippen LogP contribution in [0.15, 0.2) is 45.7 Å². The molecule has 1 saturated heterocycles. The number of carbonyl (C=O) groups is 2. The van der Waals surface area contributed by atoms with Gasteiger partial charge in [0.25, 0.3) is 5.91 Å². The van der Waals surface area contributed by atoms with Crippen molar-refractivity contribution < 1.29 is 23.5 Å². The number of amides is 1. The maximum atomic E-state index is 13.9. The van der Waals surface area contributed by atoms with E-state index in [2.05, 4.69) is 0 Å². The maximum Gasteiger partial charge on any atom is 0.326 e. The molecule has 2 aromatic rings. The molecule has 28 heavy (non-hydrogen) atoms. The van der Waals surface area contributed by atoms with E-state index in [9.17, 15) is 19.1 Å². The van der Waals surface area contributed by atoms with E-state index in [1.165, 1.54) is 12.1 Å². The van der Waals surface area contributed by atoms with Gasteiger partial charge in [-0.05, 0) is 36.6 Å². The van der Waals surface area contributed by atoms with Crippen LogP contribution in [0.1, 0.15) is 26.0 Å². The summed E-state index contributed by atoms with van der Waals surface area (Å²) in [6, 6.07) is 8.45. The van der Waals surface area contributed by atoms with Crippen molar-refractivity contribution in [1.29, 1.82) is 0 Å². The lowest BCUT2D eigenvalue weighted by Gasteiger charge is -2.24. The topological polar surface area (TPSA) is 70.8 Å². The monoisotopic (exact) mass is 419 g/mol. The fourth-order valence-corrected chi connectivity index (χ4v) is 4.21. The molecule has 1 atom stereocenters. The quantitative estimate of drug-likeness (QED) is 0.536. The molecular weight excluding hydrogens is 401 g/mol. The van der Waals surface area contributed by atoms with E-state index in [1.807, 2.05) is 13.8 Å². The Balaban J connectivity index is 1.86. The third kappa shape index (κ3) is 4.18. The van der Waals surface area contributed by atoms with E-state index in [-0.39, 0.29) is 15.1 Å². The van der Waals surface area contributed by atoms with E-state index >= 15 is 0 Å². The van der Waals surface area contributed by atoms with Crippen molar-refractivity contribution in [3.05, 3.63) is 52.9 Å². The maximum absolute atomic E-state index is 13.9. The van der Waals surface area contributed by atoms with Gasteiger partial charge in [-0.3, -0.25) is 9.69 Å². The van der Waals surface area contributed by atoms with Crippen LogP contribution >= 0.6 is 24.0 Å². The van der Waals surface area contributed by atoms with Crippen LogP contribution in [0.25, 0.3) is 17.4 Å². The third-order valence-electron chi connectivity index (χ3n) is 4.15. The minimum atomic E-state index is -1.09. The molecule has 1 aromatic heterocycles. The number of aliphatic carboxylic acids is 1. The van der Waals surface area contributed by atoms with Crippen molar-refractivity contribution in [3.63, 3.8) is 0 Å². The number of carboxylic acid groups (broad SMARTS) is 1. The van der Waals surface area contributed by atoms with Gasteiger partial charge in [-0.25, -0.2) is 9.18 Å². The Hall–Kier alpha value is -2.45. The van der Waals surface area contributed by atoms with Crippen LogP contribution in [0.3, 0.4) is 0 Å². The standard InChI is InChI=1S/C20H18FNO4S2/c1-11(2)9-15(19(24)25)22-18(23)17(28-20(22)27)10-12-7-8-16(26-12)13-5-3-4-6-14(13)21/h3-8,10-11,15H,9H2,1-2H3,(H,24,25)/b17-10-. The SMILES string of the molecule is CC(C)CC(C(=O)O)N1C(=O)/C(=C/c2ccc(-c3ccccc3F)o2)SC1=S. The number of nitrogens with zero attached hydrogens (tertiary/aromatic N) is 1. The average Bonchev–Trinajstić information content (AvgIpc) is 3.18. The molecule has 146 valence electrons. The Morgan fingerprint density at radius 1 is 1.32 bits per heavy atom. The van der Waals surface area contributed by atoms with Crippen LogP contribution < -0.4 is 0 Å². The molecule has 0 bridgehead atoms. The fraction of sp³-hybridized carbons (Fsp3) is 0.250. The second-order valence-electron chi connectivity index (χ2n) is 6.72. The zero-order valence-electron chi connectivity index (χ0n) is 15.2. The Bertz CT molecular complexity index is 967.